The number of hydrogen-bond acceptors (Lipinski definition) is 4. The minimum absolute atomic E-state index is 0.0336. The molecule has 1 aromatic carbocycles. The number of hydrogen-bond donors (Lipinski definition) is 0. The molecule has 0 unspecified atom stereocenters. The number of thiazole rings is 1. The SMILES string of the molecule is CC(C)(C)CC(=O)N1CCN(Cc2nc(-c3ccc(F)cc3)cs2)CC1. The number of carbonyl (C=O) groups is 1. The van der Waals surface area contributed by atoms with Gasteiger partial charge in [0.1, 0.15) is 10.8 Å². The molecule has 0 spiro atoms. The molecule has 0 saturated carbocycles. The smallest absolute Gasteiger partial charge is 0.223 e. The van der Waals surface area contributed by atoms with E-state index in [1.165, 1.54) is 12.1 Å². The van der Waals surface area contributed by atoms with E-state index >= 15 is 0 Å². The maximum absolute atomic E-state index is 13.0. The quantitative estimate of drug-likeness (QED) is 0.810. The maximum Gasteiger partial charge on any atom is 0.223 e. The molecule has 140 valence electrons. The van der Waals surface area contributed by atoms with Gasteiger partial charge in [-0.2, -0.15) is 0 Å². The maximum atomic E-state index is 13.0. The van der Waals surface area contributed by atoms with Crippen molar-refractivity contribution in [2.75, 3.05) is 26.2 Å². The van der Waals surface area contributed by atoms with Crippen LogP contribution in [0.25, 0.3) is 11.3 Å². The van der Waals surface area contributed by atoms with Gasteiger partial charge in [0.15, 0.2) is 0 Å². The highest BCUT2D eigenvalue weighted by Gasteiger charge is 2.25. The number of amides is 1. The van der Waals surface area contributed by atoms with E-state index in [0.29, 0.717) is 6.42 Å². The fraction of sp³-hybridized carbons (Fsp3) is 0.500. The van der Waals surface area contributed by atoms with E-state index in [1.807, 2.05) is 10.3 Å². The highest BCUT2D eigenvalue weighted by atomic mass is 32.1. The van der Waals surface area contributed by atoms with Crippen molar-refractivity contribution in [3.63, 3.8) is 0 Å². The van der Waals surface area contributed by atoms with Crippen molar-refractivity contribution >= 4 is 17.2 Å². The van der Waals surface area contributed by atoms with Crippen molar-refractivity contribution in [1.82, 2.24) is 14.8 Å². The van der Waals surface area contributed by atoms with Crippen LogP contribution in [0.1, 0.15) is 32.2 Å². The minimum Gasteiger partial charge on any atom is -0.340 e. The average Bonchev–Trinajstić information content (AvgIpc) is 3.03. The van der Waals surface area contributed by atoms with Crippen LogP contribution in [-0.2, 0) is 11.3 Å². The van der Waals surface area contributed by atoms with Crippen LogP contribution >= 0.6 is 11.3 Å². The number of benzene rings is 1. The van der Waals surface area contributed by atoms with E-state index in [2.05, 4.69) is 30.7 Å². The van der Waals surface area contributed by atoms with Gasteiger partial charge >= 0.3 is 0 Å². The third-order valence-electron chi connectivity index (χ3n) is 4.46. The van der Waals surface area contributed by atoms with Crippen molar-refractivity contribution < 1.29 is 9.18 Å². The van der Waals surface area contributed by atoms with Crippen molar-refractivity contribution in [3.8, 4) is 11.3 Å². The first-order valence-electron chi connectivity index (χ1n) is 9.01. The Morgan fingerprint density at radius 3 is 2.42 bits per heavy atom. The third-order valence-corrected chi connectivity index (χ3v) is 5.29. The monoisotopic (exact) mass is 375 g/mol. The number of nitrogens with zero attached hydrogens (tertiary/aromatic N) is 3. The Balaban J connectivity index is 1.52. The average molecular weight is 376 g/mol. The lowest BCUT2D eigenvalue weighted by Gasteiger charge is -2.35. The Morgan fingerprint density at radius 1 is 1.15 bits per heavy atom. The highest BCUT2D eigenvalue weighted by Crippen LogP contribution is 2.24. The zero-order valence-electron chi connectivity index (χ0n) is 15.7. The lowest BCUT2D eigenvalue weighted by molar-refractivity contribution is -0.134. The molecule has 0 aliphatic carbocycles. The molecule has 2 heterocycles. The van der Waals surface area contributed by atoms with E-state index in [4.69, 9.17) is 0 Å². The summed E-state index contributed by atoms with van der Waals surface area (Å²) in [6, 6.07) is 6.44. The molecule has 1 saturated heterocycles. The first kappa shape index (κ1) is 19.0. The third kappa shape index (κ3) is 5.11. The molecule has 26 heavy (non-hydrogen) atoms. The Labute approximate surface area is 158 Å². The van der Waals surface area contributed by atoms with Gasteiger partial charge in [0, 0.05) is 43.5 Å². The summed E-state index contributed by atoms with van der Waals surface area (Å²) in [5.41, 5.74) is 1.86. The summed E-state index contributed by atoms with van der Waals surface area (Å²) < 4.78 is 13.0. The molecular formula is C20H26FN3OS. The van der Waals surface area contributed by atoms with Crippen LogP contribution in [0.15, 0.2) is 29.6 Å². The summed E-state index contributed by atoms with van der Waals surface area (Å²) in [5, 5.41) is 3.07. The molecule has 1 fully saturated rings. The Kier molecular flexibility index (Phi) is 5.73. The molecule has 1 aromatic heterocycles. The molecule has 0 N–H and O–H groups in total. The molecule has 2 aromatic rings. The molecule has 0 radical (unpaired) electrons. The van der Waals surface area contributed by atoms with E-state index in [-0.39, 0.29) is 17.1 Å². The van der Waals surface area contributed by atoms with Crippen LogP contribution in [0, 0.1) is 11.2 Å². The van der Waals surface area contributed by atoms with Gasteiger partial charge in [0.2, 0.25) is 5.91 Å². The van der Waals surface area contributed by atoms with Crippen molar-refractivity contribution in [2.45, 2.75) is 33.7 Å². The van der Waals surface area contributed by atoms with Gasteiger partial charge in [-0.05, 0) is 29.7 Å². The zero-order valence-corrected chi connectivity index (χ0v) is 16.5. The second-order valence-corrected chi connectivity index (χ2v) is 8.97. The van der Waals surface area contributed by atoms with Crippen LogP contribution in [0.2, 0.25) is 0 Å². The van der Waals surface area contributed by atoms with Gasteiger partial charge in [-0.3, -0.25) is 9.69 Å². The predicted molar refractivity (Wildman–Crippen MR) is 103 cm³/mol. The highest BCUT2D eigenvalue weighted by molar-refractivity contribution is 7.09. The fourth-order valence-corrected chi connectivity index (χ4v) is 3.89. The van der Waals surface area contributed by atoms with Crippen LogP contribution in [0.3, 0.4) is 0 Å². The van der Waals surface area contributed by atoms with Gasteiger partial charge in [-0.1, -0.05) is 20.8 Å². The second-order valence-electron chi connectivity index (χ2n) is 8.03. The fourth-order valence-electron chi connectivity index (χ4n) is 3.05. The topological polar surface area (TPSA) is 36.4 Å². The summed E-state index contributed by atoms with van der Waals surface area (Å²) in [7, 11) is 0. The van der Waals surface area contributed by atoms with Gasteiger partial charge in [0.05, 0.1) is 12.2 Å². The van der Waals surface area contributed by atoms with Gasteiger partial charge in [-0.15, -0.1) is 11.3 Å². The molecule has 0 atom stereocenters. The number of aromatic nitrogens is 1. The van der Waals surface area contributed by atoms with Crippen molar-refractivity contribution in [1.29, 1.82) is 0 Å². The number of piperazine rings is 1. The molecule has 4 nitrogen and oxygen atoms in total. The molecule has 0 bridgehead atoms. The summed E-state index contributed by atoms with van der Waals surface area (Å²) in [5.74, 6) is 0.0214. The van der Waals surface area contributed by atoms with Crippen LogP contribution in [-0.4, -0.2) is 46.9 Å². The van der Waals surface area contributed by atoms with E-state index in [9.17, 15) is 9.18 Å². The molecule has 6 heteroatoms. The van der Waals surface area contributed by atoms with Gasteiger partial charge in [-0.25, -0.2) is 9.37 Å². The normalized spacial score (nSPS) is 16.1. The van der Waals surface area contributed by atoms with E-state index < -0.39 is 0 Å². The zero-order chi connectivity index (χ0) is 18.7. The minimum atomic E-state index is -0.233. The molecule has 1 aliphatic rings. The number of carbonyl (C=O) groups excluding carboxylic acids is 1. The summed E-state index contributed by atoms with van der Waals surface area (Å²) in [6.45, 7) is 10.4. The second kappa shape index (κ2) is 7.84. The first-order valence-corrected chi connectivity index (χ1v) is 9.89. The molecule has 1 amide bonds. The van der Waals surface area contributed by atoms with Crippen molar-refractivity contribution in [2.24, 2.45) is 5.41 Å². The van der Waals surface area contributed by atoms with Crippen LogP contribution in [0.4, 0.5) is 4.39 Å². The summed E-state index contributed by atoms with van der Waals surface area (Å²) in [6.07, 6.45) is 0.598. The summed E-state index contributed by atoms with van der Waals surface area (Å²) >= 11 is 1.63. The summed E-state index contributed by atoms with van der Waals surface area (Å²) in [4.78, 5) is 21.3. The predicted octanol–water partition coefficient (Wildman–Crippen LogP) is 4.03. The van der Waals surface area contributed by atoms with Crippen LogP contribution < -0.4 is 0 Å². The standard InChI is InChI=1S/C20H26FN3OS/c1-20(2,3)12-19(25)24-10-8-23(9-11-24)13-18-22-17(14-26-18)15-4-6-16(21)7-5-15/h4-7,14H,8-13H2,1-3H3. The van der Waals surface area contributed by atoms with Gasteiger partial charge in [0.25, 0.3) is 0 Å². The Morgan fingerprint density at radius 2 is 1.81 bits per heavy atom. The lowest BCUT2D eigenvalue weighted by Crippen LogP contribution is -2.48. The van der Waals surface area contributed by atoms with E-state index in [1.54, 1.807) is 23.5 Å². The first-order chi connectivity index (χ1) is 12.3. The largest absolute Gasteiger partial charge is 0.340 e. The molecular weight excluding hydrogens is 349 g/mol. The van der Waals surface area contributed by atoms with Crippen molar-refractivity contribution in [3.05, 3.63) is 40.5 Å². The molecule has 1 aliphatic heterocycles. The number of rotatable bonds is 4. The van der Waals surface area contributed by atoms with Crippen LogP contribution in [0.5, 0.6) is 0 Å². The van der Waals surface area contributed by atoms with E-state index in [0.717, 1.165) is 49.0 Å². The number of halogens is 1. The Bertz CT molecular complexity index is 743. The van der Waals surface area contributed by atoms with Gasteiger partial charge < -0.3 is 4.90 Å². The molecule has 3 rings (SSSR count). The Hall–Kier alpha value is -1.79. The lowest BCUT2D eigenvalue weighted by atomic mass is 9.91.